The molecule has 3 heterocycles. The second-order valence-electron chi connectivity index (χ2n) is 4.45. The van der Waals surface area contributed by atoms with Gasteiger partial charge in [0, 0.05) is 18.0 Å². The molecule has 0 radical (unpaired) electrons. The molecule has 2 N–H and O–H groups in total. The van der Waals surface area contributed by atoms with Gasteiger partial charge in [-0.1, -0.05) is 0 Å². The fourth-order valence-corrected chi connectivity index (χ4v) is 2.23. The van der Waals surface area contributed by atoms with Crippen molar-refractivity contribution < 1.29 is 9.47 Å². The molecule has 0 amide bonds. The molecule has 0 fully saturated rings. The molecule has 0 saturated carbocycles. The van der Waals surface area contributed by atoms with Gasteiger partial charge in [0.15, 0.2) is 11.5 Å². The van der Waals surface area contributed by atoms with E-state index < -0.39 is 0 Å². The van der Waals surface area contributed by atoms with Crippen molar-refractivity contribution in [2.75, 3.05) is 18.5 Å². The predicted molar refractivity (Wildman–Crippen MR) is 74.6 cm³/mol. The number of aromatic amines is 1. The summed E-state index contributed by atoms with van der Waals surface area (Å²) in [6.45, 7) is 1.17. The number of nitrogens with zero attached hydrogens (tertiary/aromatic N) is 2. The molecule has 1 aromatic carbocycles. The molecule has 0 aliphatic carbocycles. The quantitative estimate of drug-likeness (QED) is 0.747. The number of anilines is 2. The van der Waals surface area contributed by atoms with Gasteiger partial charge in [-0.25, -0.2) is 9.97 Å². The van der Waals surface area contributed by atoms with Gasteiger partial charge >= 0.3 is 0 Å². The molecular formula is C14H12N4O2. The highest BCUT2D eigenvalue weighted by Gasteiger charge is 2.12. The Bertz CT molecular complexity index is 769. The summed E-state index contributed by atoms with van der Waals surface area (Å²) >= 11 is 0. The first-order chi connectivity index (χ1) is 9.90. The van der Waals surface area contributed by atoms with Crippen molar-refractivity contribution in [1.82, 2.24) is 15.0 Å². The third-order valence-corrected chi connectivity index (χ3v) is 3.16. The van der Waals surface area contributed by atoms with Crippen LogP contribution < -0.4 is 14.8 Å². The van der Waals surface area contributed by atoms with Gasteiger partial charge < -0.3 is 19.8 Å². The van der Waals surface area contributed by atoms with Crippen LogP contribution >= 0.6 is 0 Å². The Balaban J connectivity index is 1.70. The topological polar surface area (TPSA) is 72.1 Å². The zero-order chi connectivity index (χ0) is 13.4. The molecular weight excluding hydrogens is 256 g/mol. The SMILES string of the molecule is c1nc(Nc2ccc3c(c2)OCCO3)c2cc[nH]c2n1. The number of rotatable bonds is 2. The highest BCUT2D eigenvalue weighted by molar-refractivity contribution is 5.88. The molecule has 1 aliphatic heterocycles. The van der Waals surface area contributed by atoms with Crippen molar-refractivity contribution in [2.24, 2.45) is 0 Å². The third kappa shape index (κ3) is 1.82. The second kappa shape index (κ2) is 4.41. The van der Waals surface area contributed by atoms with Crippen LogP contribution in [0.5, 0.6) is 11.5 Å². The first-order valence-corrected chi connectivity index (χ1v) is 6.35. The van der Waals surface area contributed by atoms with E-state index in [0.29, 0.717) is 13.2 Å². The molecule has 4 rings (SSSR count). The number of fused-ring (bicyclic) bond motifs is 2. The Morgan fingerprint density at radius 1 is 1.05 bits per heavy atom. The van der Waals surface area contributed by atoms with E-state index in [9.17, 15) is 0 Å². The molecule has 0 unspecified atom stereocenters. The van der Waals surface area contributed by atoms with E-state index in [2.05, 4.69) is 20.3 Å². The van der Waals surface area contributed by atoms with Crippen molar-refractivity contribution >= 4 is 22.5 Å². The summed E-state index contributed by atoms with van der Waals surface area (Å²) in [7, 11) is 0. The summed E-state index contributed by atoms with van der Waals surface area (Å²) in [4.78, 5) is 11.5. The summed E-state index contributed by atoms with van der Waals surface area (Å²) < 4.78 is 11.1. The van der Waals surface area contributed by atoms with Gasteiger partial charge in [-0.3, -0.25) is 0 Å². The Labute approximate surface area is 114 Å². The normalized spacial score (nSPS) is 13.4. The molecule has 100 valence electrons. The van der Waals surface area contributed by atoms with Crippen molar-refractivity contribution in [3.05, 3.63) is 36.8 Å². The maximum atomic E-state index is 5.57. The maximum absolute atomic E-state index is 5.57. The number of H-pyrrole nitrogens is 1. The van der Waals surface area contributed by atoms with Crippen LogP contribution in [0.2, 0.25) is 0 Å². The largest absolute Gasteiger partial charge is 0.486 e. The monoisotopic (exact) mass is 268 g/mol. The first kappa shape index (κ1) is 11.1. The van der Waals surface area contributed by atoms with Gasteiger partial charge in [-0.05, 0) is 18.2 Å². The molecule has 6 nitrogen and oxygen atoms in total. The van der Waals surface area contributed by atoms with Gasteiger partial charge in [0.1, 0.15) is 31.0 Å². The Hall–Kier alpha value is -2.76. The highest BCUT2D eigenvalue weighted by atomic mass is 16.6. The lowest BCUT2D eigenvalue weighted by Crippen LogP contribution is -2.15. The minimum Gasteiger partial charge on any atom is -0.486 e. The fourth-order valence-electron chi connectivity index (χ4n) is 2.23. The summed E-state index contributed by atoms with van der Waals surface area (Å²) in [5.41, 5.74) is 1.70. The minimum absolute atomic E-state index is 0.575. The van der Waals surface area contributed by atoms with Crippen LogP contribution in [-0.4, -0.2) is 28.2 Å². The number of aromatic nitrogens is 3. The molecule has 0 atom stereocenters. The van der Waals surface area contributed by atoms with E-state index >= 15 is 0 Å². The fraction of sp³-hybridized carbons (Fsp3) is 0.143. The van der Waals surface area contributed by atoms with E-state index in [1.807, 2.05) is 30.5 Å². The van der Waals surface area contributed by atoms with Crippen LogP contribution in [0, 0.1) is 0 Å². The number of hydrogen-bond acceptors (Lipinski definition) is 5. The van der Waals surface area contributed by atoms with Gasteiger partial charge in [0.05, 0.1) is 5.39 Å². The average Bonchev–Trinajstić information content (AvgIpc) is 2.97. The molecule has 20 heavy (non-hydrogen) atoms. The number of ether oxygens (including phenoxy) is 2. The third-order valence-electron chi connectivity index (χ3n) is 3.16. The van der Waals surface area contributed by atoms with Crippen molar-refractivity contribution in [2.45, 2.75) is 0 Å². The Morgan fingerprint density at radius 2 is 1.95 bits per heavy atom. The van der Waals surface area contributed by atoms with E-state index in [1.165, 1.54) is 6.33 Å². The van der Waals surface area contributed by atoms with E-state index in [0.717, 1.165) is 34.0 Å². The van der Waals surface area contributed by atoms with Crippen LogP contribution in [0.25, 0.3) is 11.0 Å². The summed E-state index contributed by atoms with van der Waals surface area (Å²) in [5, 5.41) is 4.22. The molecule has 1 aliphatic rings. The van der Waals surface area contributed by atoms with E-state index in [4.69, 9.17) is 9.47 Å². The van der Waals surface area contributed by atoms with Crippen LogP contribution in [-0.2, 0) is 0 Å². The lowest BCUT2D eigenvalue weighted by atomic mass is 10.2. The number of nitrogens with one attached hydrogen (secondary N) is 2. The molecule has 0 saturated heterocycles. The average molecular weight is 268 g/mol. The van der Waals surface area contributed by atoms with Crippen molar-refractivity contribution in [3.63, 3.8) is 0 Å². The summed E-state index contributed by atoms with van der Waals surface area (Å²) in [6, 6.07) is 7.69. The number of hydrogen-bond donors (Lipinski definition) is 2. The lowest BCUT2D eigenvalue weighted by molar-refractivity contribution is 0.171. The smallest absolute Gasteiger partial charge is 0.163 e. The molecule has 2 aromatic heterocycles. The van der Waals surface area contributed by atoms with Crippen molar-refractivity contribution in [3.8, 4) is 11.5 Å². The van der Waals surface area contributed by atoms with E-state index in [1.54, 1.807) is 0 Å². The van der Waals surface area contributed by atoms with Gasteiger partial charge in [0.2, 0.25) is 0 Å². The Kier molecular flexibility index (Phi) is 2.45. The van der Waals surface area contributed by atoms with Gasteiger partial charge in [0.25, 0.3) is 0 Å². The van der Waals surface area contributed by atoms with Gasteiger partial charge in [-0.15, -0.1) is 0 Å². The highest BCUT2D eigenvalue weighted by Crippen LogP contribution is 2.34. The van der Waals surface area contributed by atoms with E-state index in [-0.39, 0.29) is 0 Å². The lowest BCUT2D eigenvalue weighted by Gasteiger charge is -2.19. The zero-order valence-corrected chi connectivity index (χ0v) is 10.6. The van der Waals surface area contributed by atoms with Crippen LogP contribution in [0.4, 0.5) is 11.5 Å². The molecule has 0 spiro atoms. The summed E-state index contributed by atoms with van der Waals surface area (Å²) in [6.07, 6.45) is 3.37. The predicted octanol–water partition coefficient (Wildman–Crippen LogP) is 2.47. The van der Waals surface area contributed by atoms with Crippen LogP contribution in [0.15, 0.2) is 36.8 Å². The minimum atomic E-state index is 0.575. The number of benzene rings is 1. The Morgan fingerprint density at radius 3 is 2.90 bits per heavy atom. The molecule has 3 aromatic rings. The van der Waals surface area contributed by atoms with Gasteiger partial charge in [-0.2, -0.15) is 0 Å². The van der Waals surface area contributed by atoms with Crippen LogP contribution in [0.1, 0.15) is 0 Å². The van der Waals surface area contributed by atoms with Crippen LogP contribution in [0.3, 0.4) is 0 Å². The first-order valence-electron chi connectivity index (χ1n) is 6.35. The zero-order valence-electron chi connectivity index (χ0n) is 10.6. The summed E-state index contributed by atoms with van der Waals surface area (Å²) in [5.74, 6) is 2.28. The molecule has 6 heteroatoms. The van der Waals surface area contributed by atoms with Crippen molar-refractivity contribution in [1.29, 1.82) is 0 Å². The molecule has 0 bridgehead atoms. The standard InChI is InChI=1S/C14H12N4O2/c1-2-11-12(20-6-5-19-11)7-9(1)18-14-10-3-4-15-13(10)16-8-17-14/h1-4,7-8H,5-6H2,(H2,15,16,17,18). The maximum Gasteiger partial charge on any atom is 0.163 e. The second-order valence-corrected chi connectivity index (χ2v) is 4.45.